The van der Waals surface area contributed by atoms with Crippen LogP contribution < -0.4 is 0 Å². The van der Waals surface area contributed by atoms with Gasteiger partial charge in [-0.3, -0.25) is 9.59 Å². The van der Waals surface area contributed by atoms with Crippen LogP contribution in [0.1, 0.15) is 35.4 Å². The van der Waals surface area contributed by atoms with Crippen molar-refractivity contribution in [2.45, 2.75) is 26.3 Å². The van der Waals surface area contributed by atoms with Gasteiger partial charge in [0, 0.05) is 38.7 Å². The van der Waals surface area contributed by atoms with Gasteiger partial charge in [0.15, 0.2) is 15.5 Å². The first kappa shape index (κ1) is 23.4. The molecule has 2 fully saturated rings. The summed E-state index contributed by atoms with van der Waals surface area (Å²) in [5, 5.41) is 5.20. The molecule has 5 rings (SSSR count). The Morgan fingerprint density at radius 3 is 2.31 bits per heavy atom. The number of carbonyl (C=O) groups is 2. The zero-order valence-electron chi connectivity index (χ0n) is 19.6. The number of carbonyl (C=O) groups excluding carboxylic acids is 2. The summed E-state index contributed by atoms with van der Waals surface area (Å²) in [4.78, 5) is 33.6. The zero-order valence-corrected chi connectivity index (χ0v) is 20.4. The minimum absolute atomic E-state index is 0.0226. The fourth-order valence-electron chi connectivity index (χ4n) is 4.87. The second kappa shape index (κ2) is 8.71. The summed E-state index contributed by atoms with van der Waals surface area (Å²) in [7, 11) is -3.16. The molecule has 0 bridgehead atoms. The number of nitrogens with zero attached hydrogens (tertiary/aromatic N) is 5. The Morgan fingerprint density at radius 1 is 1.06 bits per heavy atom. The van der Waals surface area contributed by atoms with E-state index in [1.54, 1.807) is 39.6 Å². The van der Waals surface area contributed by atoms with Crippen LogP contribution >= 0.6 is 0 Å². The van der Waals surface area contributed by atoms with Crippen LogP contribution in [0.4, 0.5) is 4.39 Å². The fraction of sp³-hybridized carbons (Fsp3) is 0.417. The van der Waals surface area contributed by atoms with Gasteiger partial charge in [0.25, 0.3) is 5.91 Å². The number of amides is 2. The Bertz CT molecular complexity index is 1430. The van der Waals surface area contributed by atoms with Crippen LogP contribution in [-0.4, -0.2) is 82.5 Å². The summed E-state index contributed by atoms with van der Waals surface area (Å²) in [6.45, 7) is 5.02. The van der Waals surface area contributed by atoms with Crippen LogP contribution in [0.3, 0.4) is 0 Å². The maximum atomic E-state index is 13.7. The van der Waals surface area contributed by atoms with Gasteiger partial charge in [0.2, 0.25) is 5.91 Å². The standard InChI is InChI=1S/C24H26FN5O4S/c1-15-22-20(24(32)29-10-8-28(9-11-29)16(2)31)13-21(17-3-5-18(25)6-4-17)26-23(22)30(27-15)19-7-12-35(33,34)14-19/h3-6,13,19H,7-12,14H2,1-2H3. The Morgan fingerprint density at radius 2 is 1.71 bits per heavy atom. The number of aryl methyl sites for hydroxylation is 1. The van der Waals surface area contributed by atoms with Crippen LogP contribution in [0.5, 0.6) is 0 Å². The Labute approximate surface area is 202 Å². The first-order valence-corrected chi connectivity index (χ1v) is 13.4. The van der Waals surface area contributed by atoms with E-state index in [4.69, 9.17) is 4.98 Å². The third-order valence-corrected chi connectivity index (χ3v) is 8.52. The predicted molar refractivity (Wildman–Crippen MR) is 128 cm³/mol. The number of pyridine rings is 1. The smallest absolute Gasteiger partial charge is 0.254 e. The minimum atomic E-state index is -3.16. The summed E-state index contributed by atoms with van der Waals surface area (Å²) in [6, 6.07) is 7.17. The third-order valence-electron chi connectivity index (χ3n) is 6.77. The molecular weight excluding hydrogens is 473 g/mol. The molecule has 1 unspecified atom stereocenters. The lowest BCUT2D eigenvalue weighted by Gasteiger charge is -2.34. The van der Waals surface area contributed by atoms with E-state index < -0.39 is 9.84 Å². The van der Waals surface area contributed by atoms with Crippen molar-refractivity contribution in [1.29, 1.82) is 0 Å². The van der Waals surface area contributed by atoms with Crippen molar-refractivity contribution < 1.29 is 22.4 Å². The third kappa shape index (κ3) is 4.40. The average molecular weight is 500 g/mol. The zero-order chi connectivity index (χ0) is 24.9. The van der Waals surface area contributed by atoms with E-state index in [1.165, 1.54) is 19.1 Å². The van der Waals surface area contributed by atoms with Gasteiger partial charge in [-0.15, -0.1) is 0 Å². The van der Waals surface area contributed by atoms with Crippen molar-refractivity contribution in [3.05, 3.63) is 47.4 Å². The van der Waals surface area contributed by atoms with E-state index in [0.29, 0.717) is 66.1 Å². The van der Waals surface area contributed by atoms with Crippen LogP contribution in [-0.2, 0) is 14.6 Å². The number of fused-ring (bicyclic) bond motifs is 1. The monoisotopic (exact) mass is 499 g/mol. The highest BCUT2D eigenvalue weighted by Crippen LogP contribution is 2.32. The second-order valence-corrected chi connectivity index (χ2v) is 11.4. The van der Waals surface area contributed by atoms with Crippen LogP contribution in [0, 0.1) is 12.7 Å². The van der Waals surface area contributed by atoms with E-state index in [2.05, 4.69) is 5.10 Å². The summed E-state index contributed by atoms with van der Waals surface area (Å²) < 4.78 is 39.5. The largest absolute Gasteiger partial charge is 0.339 e. The molecule has 1 aromatic carbocycles. The van der Waals surface area contributed by atoms with Gasteiger partial charge >= 0.3 is 0 Å². The molecule has 184 valence electrons. The normalized spacial score (nSPS) is 19.9. The lowest BCUT2D eigenvalue weighted by Crippen LogP contribution is -2.50. The van der Waals surface area contributed by atoms with Gasteiger partial charge in [-0.05, 0) is 43.7 Å². The predicted octanol–water partition coefficient (Wildman–Crippen LogP) is 2.21. The summed E-state index contributed by atoms with van der Waals surface area (Å²) in [6.07, 6.45) is 0.428. The maximum absolute atomic E-state index is 13.7. The first-order valence-electron chi connectivity index (χ1n) is 11.5. The van der Waals surface area contributed by atoms with E-state index in [0.717, 1.165) is 0 Å². The Balaban J connectivity index is 1.62. The molecule has 2 aromatic heterocycles. The Hall–Kier alpha value is -3.34. The highest BCUT2D eigenvalue weighted by Gasteiger charge is 2.33. The molecule has 2 saturated heterocycles. The van der Waals surface area contributed by atoms with E-state index in [1.807, 2.05) is 0 Å². The molecule has 0 spiro atoms. The van der Waals surface area contributed by atoms with Gasteiger partial charge in [0.1, 0.15) is 5.82 Å². The molecule has 4 heterocycles. The second-order valence-electron chi connectivity index (χ2n) is 9.15. The summed E-state index contributed by atoms with van der Waals surface area (Å²) in [5.41, 5.74) is 2.55. The number of hydrogen-bond acceptors (Lipinski definition) is 6. The fourth-order valence-corrected chi connectivity index (χ4v) is 6.56. The first-order chi connectivity index (χ1) is 16.6. The molecule has 2 amide bonds. The van der Waals surface area contributed by atoms with Crippen molar-refractivity contribution in [3.63, 3.8) is 0 Å². The van der Waals surface area contributed by atoms with Gasteiger partial charge in [-0.25, -0.2) is 22.5 Å². The lowest BCUT2D eigenvalue weighted by molar-refractivity contribution is -0.130. The summed E-state index contributed by atoms with van der Waals surface area (Å²) >= 11 is 0. The molecule has 0 aliphatic carbocycles. The topological polar surface area (TPSA) is 105 Å². The highest BCUT2D eigenvalue weighted by atomic mass is 32.2. The molecule has 0 saturated carbocycles. The van der Waals surface area contributed by atoms with Crippen molar-refractivity contribution in [2.24, 2.45) is 0 Å². The number of benzene rings is 1. The number of rotatable bonds is 3. The number of piperazine rings is 1. The van der Waals surface area contributed by atoms with Gasteiger partial charge in [0.05, 0.1) is 39.9 Å². The van der Waals surface area contributed by atoms with Crippen molar-refractivity contribution >= 4 is 32.7 Å². The number of sulfone groups is 1. The van der Waals surface area contributed by atoms with Crippen LogP contribution in [0.2, 0.25) is 0 Å². The molecule has 1 atom stereocenters. The van der Waals surface area contributed by atoms with Crippen LogP contribution in [0.25, 0.3) is 22.3 Å². The van der Waals surface area contributed by atoms with Gasteiger partial charge in [-0.2, -0.15) is 5.10 Å². The molecule has 2 aliphatic heterocycles. The lowest BCUT2D eigenvalue weighted by atomic mass is 10.0. The van der Waals surface area contributed by atoms with Crippen molar-refractivity contribution in [1.82, 2.24) is 24.6 Å². The van der Waals surface area contributed by atoms with E-state index in [-0.39, 0.29) is 35.2 Å². The average Bonchev–Trinajstić information content (AvgIpc) is 3.37. The SMILES string of the molecule is CC(=O)N1CCN(C(=O)c2cc(-c3ccc(F)cc3)nc3c2c(C)nn3C2CCS(=O)(=O)C2)CC1. The number of hydrogen-bond donors (Lipinski definition) is 0. The van der Waals surface area contributed by atoms with Crippen LogP contribution in [0.15, 0.2) is 30.3 Å². The van der Waals surface area contributed by atoms with E-state index >= 15 is 0 Å². The van der Waals surface area contributed by atoms with Gasteiger partial charge in [-0.1, -0.05) is 0 Å². The van der Waals surface area contributed by atoms with Gasteiger partial charge < -0.3 is 9.80 Å². The Kier molecular flexibility index (Phi) is 5.82. The molecule has 3 aromatic rings. The maximum Gasteiger partial charge on any atom is 0.254 e. The van der Waals surface area contributed by atoms with E-state index in [9.17, 15) is 22.4 Å². The number of aromatic nitrogens is 3. The molecule has 9 nitrogen and oxygen atoms in total. The molecule has 0 N–H and O–H groups in total. The minimum Gasteiger partial charge on any atom is -0.339 e. The molecule has 0 radical (unpaired) electrons. The van der Waals surface area contributed by atoms with Crippen molar-refractivity contribution in [2.75, 3.05) is 37.7 Å². The quantitative estimate of drug-likeness (QED) is 0.547. The number of halogens is 1. The molecule has 11 heteroatoms. The molecule has 2 aliphatic rings. The van der Waals surface area contributed by atoms with Crippen molar-refractivity contribution in [3.8, 4) is 11.3 Å². The molecule has 35 heavy (non-hydrogen) atoms. The molecular formula is C24H26FN5O4S. The highest BCUT2D eigenvalue weighted by molar-refractivity contribution is 7.91. The summed E-state index contributed by atoms with van der Waals surface area (Å²) in [5.74, 6) is -0.549.